The number of carbonyl (C=O) groups is 5. The number of benzene rings is 1. The van der Waals surface area contributed by atoms with Crippen LogP contribution in [0.3, 0.4) is 0 Å². The molecule has 5 rings (SSSR count). The van der Waals surface area contributed by atoms with Gasteiger partial charge in [0.1, 0.15) is 52.7 Å². The van der Waals surface area contributed by atoms with Crippen molar-refractivity contribution in [2.75, 3.05) is 42.0 Å². The Morgan fingerprint density at radius 3 is 2.14 bits per heavy atom. The number of methoxy groups -OCH3 is 3. The first kappa shape index (κ1) is 51.1. The summed E-state index contributed by atoms with van der Waals surface area (Å²) in [6.45, 7) is 16.5. The highest BCUT2D eigenvalue weighted by Gasteiger charge is 2.76. The van der Waals surface area contributed by atoms with E-state index in [2.05, 4.69) is 5.32 Å². The minimum absolute atomic E-state index is 0.0278. The number of rotatable bonds is 12. The fourth-order valence-corrected chi connectivity index (χ4v) is 10.4. The number of hydrogen-bond acceptors (Lipinski definition) is 16. The first-order valence-electron chi connectivity index (χ1n) is 21.7. The van der Waals surface area contributed by atoms with Crippen molar-refractivity contribution in [3.63, 3.8) is 0 Å². The van der Waals surface area contributed by atoms with Gasteiger partial charge in [-0.2, -0.15) is 0 Å². The molecule has 65 heavy (non-hydrogen) atoms. The lowest BCUT2D eigenvalue weighted by atomic mass is 9.45. The third-order valence-electron chi connectivity index (χ3n) is 13.5. The van der Waals surface area contributed by atoms with Gasteiger partial charge in [0.05, 0.1) is 38.9 Å². The molecule has 1 saturated heterocycles. The average molecular weight is 917 g/mol. The van der Waals surface area contributed by atoms with Crippen molar-refractivity contribution >= 4 is 30.1 Å². The molecule has 1 heterocycles. The average Bonchev–Trinajstić information content (AvgIpc) is 3.19. The first-order chi connectivity index (χ1) is 30.1. The highest BCUT2D eigenvalue weighted by atomic mass is 16.6. The van der Waals surface area contributed by atoms with Gasteiger partial charge in [-0.05, 0) is 77.3 Å². The van der Waals surface area contributed by atoms with Crippen molar-refractivity contribution in [2.45, 2.75) is 148 Å². The van der Waals surface area contributed by atoms with Crippen LogP contribution in [-0.2, 0) is 42.7 Å². The number of aliphatic hydroxyl groups is 2. The molecule has 3 aliphatic carbocycles. The number of ether oxygens (including phenoxy) is 9. The van der Waals surface area contributed by atoms with E-state index in [1.807, 2.05) is 6.92 Å². The summed E-state index contributed by atoms with van der Waals surface area (Å²) < 4.78 is 54.3. The first-order valence-corrected chi connectivity index (χ1v) is 21.7. The van der Waals surface area contributed by atoms with Crippen LogP contribution in [0.25, 0.3) is 0 Å². The molecule has 0 spiro atoms. The molecule has 2 saturated carbocycles. The third-order valence-corrected chi connectivity index (χ3v) is 13.5. The van der Waals surface area contributed by atoms with E-state index in [1.165, 1.54) is 65.5 Å². The zero-order chi connectivity index (χ0) is 48.8. The SMILES string of the molecule is COc1ccc(OC)c(C(=O)O[C@H]2[C@H]3[C@](C)(C[C@H](OC(=O)N(C)C)C4=C(C)[C@@H](OC(=O)[C@H](O)[C@H](C=C(C)C)NC(=O)OC(C)(C)C)C[C@]2(O)C4(C)C)[C@H](OC)C[C@H]2OC[C@]23OC(C)=O)c1. The lowest BCUT2D eigenvalue weighted by molar-refractivity contribution is -0.355. The van der Waals surface area contributed by atoms with Crippen molar-refractivity contribution in [3.8, 4) is 11.5 Å². The van der Waals surface area contributed by atoms with E-state index < -0.39 is 113 Å². The Morgan fingerprint density at radius 2 is 1.62 bits per heavy atom. The molecular weight excluding hydrogens is 849 g/mol. The van der Waals surface area contributed by atoms with Crippen LogP contribution in [0.15, 0.2) is 41.0 Å². The molecule has 18 nitrogen and oxygen atoms in total. The Hall–Kier alpha value is -4.91. The van der Waals surface area contributed by atoms with Gasteiger partial charge >= 0.3 is 30.1 Å². The van der Waals surface area contributed by atoms with Gasteiger partial charge in [-0.15, -0.1) is 0 Å². The molecule has 3 N–H and O–H groups in total. The van der Waals surface area contributed by atoms with Crippen molar-refractivity contribution in [1.82, 2.24) is 10.2 Å². The summed E-state index contributed by atoms with van der Waals surface area (Å²) in [6.07, 6.45) is -8.02. The summed E-state index contributed by atoms with van der Waals surface area (Å²) in [5, 5.41) is 28.1. The smallest absolute Gasteiger partial charge is 0.409 e. The fourth-order valence-electron chi connectivity index (χ4n) is 10.4. The highest BCUT2D eigenvalue weighted by molar-refractivity contribution is 5.93. The lowest BCUT2D eigenvalue weighted by Crippen LogP contribution is -2.80. The van der Waals surface area contributed by atoms with Crippen molar-refractivity contribution in [1.29, 1.82) is 0 Å². The molecule has 11 atom stereocenters. The molecule has 0 unspecified atom stereocenters. The van der Waals surface area contributed by atoms with Crippen LogP contribution >= 0.6 is 0 Å². The monoisotopic (exact) mass is 916 g/mol. The van der Waals surface area contributed by atoms with Crippen LogP contribution in [-0.4, -0.2) is 147 Å². The molecule has 0 radical (unpaired) electrons. The van der Waals surface area contributed by atoms with E-state index in [1.54, 1.807) is 61.5 Å². The summed E-state index contributed by atoms with van der Waals surface area (Å²) in [5.74, 6) is -3.47. The minimum atomic E-state index is -2.27. The Labute approximate surface area is 381 Å². The van der Waals surface area contributed by atoms with Gasteiger partial charge in [0.15, 0.2) is 11.7 Å². The van der Waals surface area contributed by atoms with Crippen molar-refractivity contribution < 1.29 is 76.8 Å². The number of nitrogens with one attached hydrogen (secondary N) is 1. The zero-order valence-corrected chi connectivity index (χ0v) is 40.3. The third kappa shape index (κ3) is 9.67. The minimum Gasteiger partial charge on any atom is -0.497 e. The predicted molar refractivity (Wildman–Crippen MR) is 233 cm³/mol. The molecule has 1 aromatic carbocycles. The van der Waals surface area contributed by atoms with E-state index in [0.717, 1.165) is 0 Å². The highest BCUT2D eigenvalue weighted by Crippen LogP contribution is 2.66. The molecule has 2 amide bonds. The van der Waals surface area contributed by atoms with Gasteiger partial charge in [-0.1, -0.05) is 32.4 Å². The summed E-state index contributed by atoms with van der Waals surface area (Å²) in [4.78, 5) is 70.3. The van der Waals surface area contributed by atoms with Gasteiger partial charge < -0.3 is 63.1 Å². The number of nitrogens with zero attached hydrogens (tertiary/aromatic N) is 1. The maximum Gasteiger partial charge on any atom is 0.409 e. The number of alkyl carbamates (subject to hydrolysis) is 1. The second-order valence-corrected chi connectivity index (χ2v) is 19.8. The molecule has 3 fully saturated rings. The molecule has 0 aromatic heterocycles. The second kappa shape index (κ2) is 18.8. The Bertz CT molecular complexity index is 2070. The van der Waals surface area contributed by atoms with Crippen LogP contribution in [0.4, 0.5) is 9.59 Å². The van der Waals surface area contributed by atoms with E-state index in [-0.39, 0.29) is 30.8 Å². The molecule has 362 valence electrons. The number of fused-ring (bicyclic) bond motifs is 5. The summed E-state index contributed by atoms with van der Waals surface area (Å²) in [7, 11) is 7.36. The van der Waals surface area contributed by atoms with Crippen LogP contribution in [0.2, 0.25) is 0 Å². The number of hydrogen-bond donors (Lipinski definition) is 3. The molecular formula is C47H68N2O16. The van der Waals surface area contributed by atoms with E-state index in [4.69, 9.17) is 42.6 Å². The maximum absolute atomic E-state index is 14.9. The maximum atomic E-state index is 14.9. The van der Waals surface area contributed by atoms with E-state index in [9.17, 15) is 34.2 Å². The molecule has 1 aromatic rings. The summed E-state index contributed by atoms with van der Waals surface area (Å²) in [6, 6.07) is 3.26. The van der Waals surface area contributed by atoms with Gasteiger partial charge in [0.2, 0.25) is 0 Å². The summed E-state index contributed by atoms with van der Waals surface area (Å²) >= 11 is 0. The van der Waals surface area contributed by atoms with Crippen LogP contribution in [0.1, 0.15) is 98.9 Å². The van der Waals surface area contributed by atoms with Gasteiger partial charge in [-0.25, -0.2) is 19.2 Å². The van der Waals surface area contributed by atoms with E-state index in [0.29, 0.717) is 22.5 Å². The van der Waals surface area contributed by atoms with Crippen LogP contribution in [0.5, 0.6) is 11.5 Å². The standard InChI is InChI=1S/C47H68N2O16/c1-24(2)18-29(48-41(54)65-43(5,6)7)36(51)40(53)61-31-22-47(56)38(63-39(52)28-19-27(57-13)16-17-30(28)58-14)37-45(10,33(59-15)20-34-46(37,23-60-34)64-26(4)50)21-32(62-42(55)49(11)12)35(25(31)3)44(47,8)9/h16-19,29,31-34,36-38,51,56H,20-23H2,1-15H3,(H,48,54)/t29-,31-,32-,33+,34+,36+,37-,38-,45+,46-,47+/m0/s1. The number of amides is 2. The molecule has 4 aliphatic rings. The quantitative estimate of drug-likeness (QED) is 0.142. The molecule has 2 bridgehead atoms. The van der Waals surface area contributed by atoms with Gasteiger partial charge in [-0.3, -0.25) is 4.79 Å². The van der Waals surface area contributed by atoms with Gasteiger partial charge in [0.25, 0.3) is 0 Å². The Balaban J connectivity index is 1.77. The normalized spacial score (nSPS) is 31.0. The number of aliphatic hydroxyl groups excluding tert-OH is 1. The van der Waals surface area contributed by atoms with Gasteiger partial charge in [0, 0.05) is 51.8 Å². The number of carbonyl (C=O) groups excluding carboxylic acids is 5. The largest absolute Gasteiger partial charge is 0.497 e. The van der Waals surface area contributed by atoms with Crippen LogP contribution in [0, 0.1) is 16.7 Å². The fraction of sp³-hybridized carbons (Fsp3) is 0.681. The Morgan fingerprint density at radius 1 is 0.954 bits per heavy atom. The van der Waals surface area contributed by atoms with Crippen LogP contribution < -0.4 is 14.8 Å². The summed E-state index contributed by atoms with van der Waals surface area (Å²) in [5.41, 5.74) is -6.06. The lowest BCUT2D eigenvalue weighted by Gasteiger charge is -2.68. The zero-order valence-electron chi connectivity index (χ0n) is 40.3. The topological polar surface area (TPSA) is 224 Å². The molecule has 18 heteroatoms. The number of allylic oxidation sites excluding steroid dienone is 1. The van der Waals surface area contributed by atoms with E-state index >= 15 is 0 Å². The van der Waals surface area contributed by atoms with Crippen molar-refractivity contribution in [2.24, 2.45) is 16.7 Å². The predicted octanol–water partition coefficient (Wildman–Crippen LogP) is 5.05. The second-order valence-electron chi connectivity index (χ2n) is 19.8. The number of esters is 3. The molecule has 1 aliphatic heterocycles. The Kier molecular flexibility index (Phi) is 14.7. The van der Waals surface area contributed by atoms with Crippen molar-refractivity contribution in [3.05, 3.63) is 46.6 Å².